The number of ether oxygens (including phenoxy) is 1. The molecule has 0 unspecified atom stereocenters. The zero-order valence-electron chi connectivity index (χ0n) is 17.0. The molecule has 0 aliphatic carbocycles. The maximum atomic E-state index is 13.3. The Hall–Kier alpha value is -2.64. The molecule has 3 rings (SSSR count). The Morgan fingerprint density at radius 2 is 1.77 bits per heavy atom. The molecule has 0 saturated heterocycles. The number of amides is 1. The fourth-order valence-corrected chi connectivity index (χ4v) is 3.66. The number of aromatic nitrogens is 1. The van der Waals surface area contributed by atoms with E-state index in [4.69, 9.17) is 16.3 Å². The lowest BCUT2D eigenvalue weighted by Crippen LogP contribution is -2.32. The second kappa shape index (κ2) is 9.45. The molecule has 0 radical (unpaired) electrons. The number of halogens is 2. The maximum absolute atomic E-state index is 13.3. The van der Waals surface area contributed by atoms with Crippen molar-refractivity contribution in [1.29, 1.82) is 0 Å². The molecule has 2 N–H and O–H groups in total. The average Bonchev–Trinajstić information content (AvgIpc) is 3.08. The summed E-state index contributed by atoms with van der Waals surface area (Å²) >= 11 is 7.38. The molecule has 0 spiro atoms. The zero-order chi connectivity index (χ0) is 21.7. The van der Waals surface area contributed by atoms with E-state index in [2.05, 4.69) is 15.6 Å². The summed E-state index contributed by atoms with van der Waals surface area (Å²) in [5, 5.41) is 8.32. The monoisotopic (exact) mass is 447 g/mol. The molecule has 8 heteroatoms. The fourth-order valence-electron chi connectivity index (χ4n) is 2.61. The molecule has 5 nitrogen and oxygen atoms in total. The summed E-state index contributed by atoms with van der Waals surface area (Å²) < 4.78 is 18.6. The first-order valence-corrected chi connectivity index (χ1v) is 10.6. The third-order valence-electron chi connectivity index (χ3n) is 3.94. The summed E-state index contributed by atoms with van der Waals surface area (Å²) in [6, 6.07) is 13.7. The van der Waals surface area contributed by atoms with E-state index >= 15 is 0 Å². The van der Waals surface area contributed by atoms with Crippen LogP contribution in [0.5, 0.6) is 0 Å². The highest BCUT2D eigenvalue weighted by molar-refractivity contribution is 7.16. The van der Waals surface area contributed by atoms with Crippen molar-refractivity contribution in [3.05, 3.63) is 69.9 Å². The van der Waals surface area contributed by atoms with E-state index in [0.717, 1.165) is 16.1 Å². The zero-order valence-corrected chi connectivity index (χ0v) is 18.5. The smallest absolute Gasteiger partial charge is 0.408 e. The number of hydrogen-bond donors (Lipinski definition) is 2. The number of anilines is 1. The number of alkyl carbamates (subject to hydrolysis) is 1. The van der Waals surface area contributed by atoms with Crippen LogP contribution in [0.4, 0.5) is 14.2 Å². The lowest BCUT2D eigenvalue weighted by Gasteiger charge is -2.19. The molecule has 0 saturated carbocycles. The predicted molar refractivity (Wildman–Crippen MR) is 119 cm³/mol. The van der Waals surface area contributed by atoms with Crippen LogP contribution >= 0.6 is 22.9 Å². The fraction of sp³-hybridized carbons (Fsp3) is 0.273. The van der Waals surface area contributed by atoms with Gasteiger partial charge in [0.25, 0.3) is 0 Å². The number of nitrogens with zero attached hydrogens (tertiary/aromatic N) is 1. The van der Waals surface area contributed by atoms with Crippen molar-refractivity contribution in [2.45, 2.75) is 39.5 Å². The van der Waals surface area contributed by atoms with Gasteiger partial charge in [0, 0.05) is 17.1 Å². The Labute approximate surface area is 184 Å². The molecule has 1 amide bonds. The lowest BCUT2D eigenvalue weighted by atomic mass is 10.1. The average molecular weight is 448 g/mol. The molecule has 0 atom stereocenters. The van der Waals surface area contributed by atoms with E-state index in [-0.39, 0.29) is 12.4 Å². The Kier molecular flexibility index (Phi) is 6.95. The van der Waals surface area contributed by atoms with Gasteiger partial charge in [0.2, 0.25) is 0 Å². The largest absolute Gasteiger partial charge is 0.444 e. The summed E-state index contributed by atoms with van der Waals surface area (Å²) in [7, 11) is 0. The molecule has 0 aliphatic rings. The third-order valence-corrected chi connectivity index (χ3v) is 5.20. The van der Waals surface area contributed by atoms with Gasteiger partial charge in [-0.3, -0.25) is 0 Å². The highest BCUT2D eigenvalue weighted by Crippen LogP contribution is 2.34. The molecule has 1 heterocycles. The van der Waals surface area contributed by atoms with Gasteiger partial charge in [0.1, 0.15) is 27.1 Å². The van der Waals surface area contributed by atoms with Crippen molar-refractivity contribution >= 4 is 34.0 Å². The van der Waals surface area contributed by atoms with Gasteiger partial charge in [-0.1, -0.05) is 35.1 Å². The van der Waals surface area contributed by atoms with Crippen LogP contribution in [0.2, 0.25) is 5.02 Å². The second-order valence-electron chi connectivity index (χ2n) is 7.63. The molecule has 2 aromatic carbocycles. The minimum Gasteiger partial charge on any atom is -0.444 e. The SMILES string of the molecule is CC(C)(C)OC(=O)NCc1nc(-c2ccc(F)cc2)c(NCc2ccc(Cl)cc2)s1. The van der Waals surface area contributed by atoms with Gasteiger partial charge in [-0.15, -0.1) is 0 Å². The van der Waals surface area contributed by atoms with E-state index in [1.54, 1.807) is 32.9 Å². The van der Waals surface area contributed by atoms with Crippen molar-refractivity contribution in [2.24, 2.45) is 0 Å². The van der Waals surface area contributed by atoms with Gasteiger partial charge >= 0.3 is 6.09 Å². The maximum Gasteiger partial charge on any atom is 0.408 e. The van der Waals surface area contributed by atoms with Crippen molar-refractivity contribution in [2.75, 3.05) is 5.32 Å². The highest BCUT2D eigenvalue weighted by atomic mass is 35.5. The minimum atomic E-state index is -0.572. The summed E-state index contributed by atoms with van der Waals surface area (Å²) in [5.74, 6) is -0.309. The lowest BCUT2D eigenvalue weighted by molar-refractivity contribution is 0.0523. The van der Waals surface area contributed by atoms with Crippen LogP contribution in [-0.2, 0) is 17.8 Å². The van der Waals surface area contributed by atoms with Crippen molar-refractivity contribution in [3.63, 3.8) is 0 Å². The van der Waals surface area contributed by atoms with Gasteiger partial charge in [-0.05, 0) is 62.7 Å². The molecule has 3 aromatic rings. The number of rotatable bonds is 6. The number of carbonyl (C=O) groups excluding carboxylic acids is 1. The molecular weight excluding hydrogens is 425 g/mol. The first kappa shape index (κ1) is 22.1. The molecule has 1 aromatic heterocycles. The Morgan fingerprint density at radius 3 is 2.40 bits per heavy atom. The van der Waals surface area contributed by atoms with Crippen LogP contribution in [0, 0.1) is 5.82 Å². The van der Waals surface area contributed by atoms with E-state index in [0.29, 0.717) is 22.3 Å². The van der Waals surface area contributed by atoms with Gasteiger partial charge < -0.3 is 15.4 Å². The Balaban J connectivity index is 1.77. The van der Waals surface area contributed by atoms with Crippen molar-refractivity contribution in [1.82, 2.24) is 10.3 Å². The summed E-state index contributed by atoms with van der Waals surface area (Å²) in [6.45, 7) is 6.23. The van der Waals surface area contributed by atoms with Gasteiger partial charge in [-0.2, -0.15) is 0 Å². The number of carbonyl (C=O) groups is 1. The molecular formula is C22H23ClFN3O2S. The van der Waals surface area contributed by atoms with Crippen LogP contribution in [-0.4, -0.2) is 16.7 Å². The van der Waals surface area contributed by atoms with Crippen molar-refractivity contribution in [3.8, 4) is 11.3 Å². The van der Waals surface area contributed by atoms with Gasteiger partial charge in [-0.25, -0.2) is 14.2 Å². The Bertz CT molecular complexity index is 999. The number of nitrogens with one attached hydrogen (secondary N) is 2. The van der Waals surface area contributed by atoms with Gasteiger partial charge in [0.15, 0.2) is 0 Å². The molecule has 0 bridgehead atoms. The summed E-state index contributed by atoms with van der Waals surface area (Å²) in [5.41, 5.74) is 1.98. The number of benzene rings is 2. The highest BCUT2D eigenvalue weighted by Gasteiger charge is 2.18. The number of thiazole rings is 1. The predicted octanol–water partition coefficient (Wildman–Crippen LogP) is 6.24. The Morgan fingerprint density at radius 1 is 1.10 bits per heavy atom. The normalized spacial score (nSPS) is 11.2. The molecule has 158 valence electrons. The first-order chi connectivity index (χ1) is 14.2. The second-order valence-corrected chi connectivity index (χ2v) is 9.15. The standard InChI is InChI=1S/C22H23ClFN3O2S/c1-22(2,3)29-21(28)26-13-18-27-19(15-6-10-17(24)11-7-15)20(30-18)25-12-14-4-8-16(23)9-5-14/h4-11,25H,12-13H2,1-3H3,(H,26,28). The van der Waals surface area contributed by atoms with Gasteiger partial charge in [0.05, 0.1) is 6.54 Å². The molecule has 30 heavy (non-hydrogen) atoms. The van der Waals surface area contributed by atoms with Crippen LogP contribution in [0.3, 0.4) is 0 Å². The molecule has 0 fully saturated rings. The van der Waals surface area contributed by atoms with E-state index in [1.165, 1.54) is 23.5 Å². The number of hydrogen-bond acceptors (Lipinski definition) is 5. The van der Waals surface area contributed by atoms with E-state index in [9.17, 15) is 9.18 Å². The summed E-state index contributed by atoms with van der Waals surface area (Å²) in [4.78, 5) is 16.6. The van der Waals surface area contributed by atoms with Crippen LogP contribution in [0.15, 0.2) is 48.5 Å². The first-order valence-electron chi connectivity index (χ1n) is 9.40. The van der Waals surface area contributed by atoms with Crippen LogP contribution < -0.4 is 10.6 Å². The van der Waals surface area contributed by atoms with E-state index < -0.39 is 11.7 Å². The van der Waals surface area contributed by atoms with Crippen LogP contribution in [0.1, 0.15) is 31.3 Å². The minimum absolute atomic E-state index is 0.233. The quantitative estimate of drug-likeness (QED) is 0.469. The van der Waals surface area contributed by atoms with Crippen LogP contribution in [0.25, 0.3) is 11.3 Å². The summed E-state index contributed by atoms with van der Waals surface area (Å²) in [6.07, 6.45) is -0.503. The van der Waals surface area contributed by atoms with Crippen molar-refractivity contribution < 1.29 is 13.9 Å². The van der Waals surface area contributed by atoms with E-state index in [1.807, 2.05) is 24.3 Å². The third kappa shape index (κ3) is 6.43. The molecule has 0 aliphatic heterocycles. The topological polar surface area (TPSA) is 63.2 Å².